The Balaban J connectivity index is 1.72. The van der Waals surface area contributed by atoms with Crippen molar-refractivity contribution in [1.29, 1.82) is 0 Å². The molecule has 0 spiro atoms. The third-order valence-corrected chi connectivity index (χ3v) is 4.11. The molecule has 5 nitrogen and oxygen atoms in total. The number of hydrogen-bond acceptors (Lipinski definition) is 4. The van der Waals surface area contributed by atoms with Crippen LogP contribution in [-0.2, 0) is 27.2 Å². The van der Waals surface area contributed by atoms with Gasteiger partial charge in [0.05, 0.1) is 0 Å². The molecule has 0 saturated heterocycles. The molecule has 0 aliphatic heterocycles. The van der Waals surface area contributed by atoms with Gasteiger partial charge in [-0.05, 0) is 43.5 Å². The number of benzene rings is 2. The van der Waals surface area contributed by atoms with Crippen LogP contribution in [0.3, 0.4) is 0 Å². The minimum Gasteiger partial charge on any atom is -0.484 e. The lowest BCUT2D eigenvalue weighted by molar-refractivity contribution is -0.128. The smallest absolute Gasteiger partial charge is 0.257 e. The van der Waals surface area contributed by atoms with E-state index in [1.807, 2.05) is 49.4 Å². The van der Waals surface area contributed by atoms with E-state index in [9.17, 15) is 9.59 Å². The van der Waals surface area contributed by atoms with Gasteiger partial charge in [-0.2, -0.15) is 0 Å². The van der Waals surface area contributed by atoms with Crippen LogP contribution in [0.15, 0.2) is 54.6 Å². The number of Topliss-reactive ketones (excluding diaryl/α,β-unsaturated/α-hetero) is 1. The van der Waals surface area contributed by atoms with Crippen LogP contribution in [0.5, 0.6) is 5.75 Å². The minimum absolute atomic E-state index is 0.0179. The van der Waals surface area contributed by atoms with E-state index >= 15 is 0 Å². The average molecular weight is 369 g/mol. The average Bonchev–Trinajstić information content (AvgIpc) is 2.68. The van der Waals surface area contributed by atoms with Gasteiger partial charge in [0.15, 0.2) is 12.4 Å². The van der Waals surface area contributed by atoms with Gasteiger partial charge in [0, 0.05) is 19.6 Å². The fourth-order valence-electron chi connectivity index (χ4n) is 2.65. The number of rotatable bonds is 11. The summed E-state index contributed by atoms with van der Waals surface area (Å²) in [4.78, 5) is 23.4. The Morgan fingerprint density at radius 3 is 2.33 bits per heavy atom. The van der Waals surface area contributed by atoms with E-state index in [4.69, 9.17) is 9.47 Å². The predicted octanol–water partition coefficient (Wildman–Crippen LogP) is 2.96. The molecule has 0 radical (unpaired) electrons. The third-order valence-electron chi connectivity index (χ3n) is 4.11. The summed E-state index contributed by atoms with van der Waals surface area (Å²) in [5.74, 6) is 0.486. The summed E-state index contributed by atoms with van der Waals surface area (Å²) in [6, 6.07) is 17.4. The van der Waals surface area contributed by atoms with Gasteiger partial charge >= 0.3 is 0 Å². The molecule has 0 fully saturated rings. The molecule has 2 aromatic carbocycles. The van der Waals surface area contributed by atoms with Crippen LogP contribution in [-0.4, -0.2) is 37.6 Å². The fraction of sp³-hybridized carbons (Fsp3) is 0.364. The zero-order valence-electron chi connectivity index (χ0n) is 15.9. The maximum Gasteiger partial charge on any atom is 0.257 e. The highest BCUT2D eigenvalue weighted by molar-refractivity contribution is 5.80. The third kappa shape index (κ3) is 7.62. The zero-order chi connectivity index (χ0) is 19.5. The lowest BCUT2D eigenvalue weighted by Crippen LogP contribution is -2.30. The van der Waals surface area contributed by atoms with Gasteiger partial charge in [0.2, 0.25) is 0 Å². The molecule has 0 aliphatic rings. The molecule has 0 saturated carbocycles. The van der Waals surface area contributed by atoms with Gasteiger partial charge in [0.1, 0.15) is 11.9 Å². The summed E-state index contributed by atoms with van der Waals surface area (Å²) in [5, 5.41) is 2.85. The van der Waals surface area contributed by atoms with Crippen LogP contribution in [0.2, 0.25) is 0 Å². The first-order valence-electron chi connectivity index (χ1n) is 9.23. The molecule has 0 aliphatic carbocycles. The SMILES string of the molecule is CCOC(Cc1ccc(OCC(=O)NCCc2ccccc2)cc1)C(C)=O. The van der Waals surface area contributed by atoms with Crippen molar-refractivity contribution in [2.24, 2.45) is 0 Å². The van der Waals surface area contributed by atoms with Crippen molar-refractivity contribution in [2.45, 2.75) is 32.8 Å². The highest BCUT2D eigenvalue weighted by atomic mass is 16.5. The second-order valence-electron chi connectivity index (χ2n) is 6.28. The number of carbonyl (C=O) groups is 2. The molecular formula is C22H27NO4. The Hall–Kier alpha value is -2.66. The van der Waals surface area contributed by atoms with Crippen LogP contribution in [0, 0.1) is 0 Å². The molecule has 27 heavy (non-hydrogen) atoms. The lowest BCUT2D eigenvalue weighted by atomic mass is 10.1. The predicted molar refractivity (Wildman–Crippen MR) is 105 cm³/mol. The van der Waals surface area contributed by atoms with Crippen LogP contribution in [0.25, 0.3) is 0 Å². The van der Waals surface area contributed by atoms with E-state index in [1.54, 1.807) is 12.1 Å². The number of ketones is 1. The van der Waals surface area contributed by atoms with E-state index in [2.05, 4.69) is 5.32 Å². The van der Waals surface area contributed by atoms with Gasteiger partial charge in [-0.15, -0.1) is 0 Å². The van der Waals surface area contributed by atoms with E-state index < -0.39 is 6.10 Å². The standard InChI is InChI=1S/C22H27NO4/c1-3-26-21(17(2)24)15-19-9-11-20(12-10-19)27-16-22(25)23-14-13-18-7-5-4-6-8-18/h4-12,21H,3,13-16H2,1-2H3,(H,23,25). The summed E-state index contributed by atoms with van der Waals surface area (Å²) in [7, 11) is 0. The Kier molecular flexibility index (Phi) is 8.52. The van der Waals surface area contributed by atoms with Gasteiger partial charge in [-0.1, -0.05) is 42.5 Å². The first-order valence-corrected chi connectivity index (χ1v) is 9.23. The molecule has 0 aromatic heterocycles. The molecule has 2 aromatic rings. The summed E-state index contributed by atoms with van der Waals surface area (Å²) in [6.45, 7) is 4.47. The Bertz CT molecular complexity index is 713. The van der Waals surface area contributed by atoms with Crippen LogP contribution in [0.4, 0.5) is 0 Å². The van der Waals surface area contributed by atoms with Crippen molar-refractivity contribution in [3.05, 3.63) is 65.7 Å². The highest BCUT2D eigenvalue weighted by Gasteiger charge is 2.14. The maximum absolute atomic E-state index is 11.9. The van der Waals surface area contributed by atoms with E-state index in [0.29, 0.717) is 25.3 Å². The van der Waals surface area contributed by atoms with E-state index in [0.717, 1.165) is 12.0 Å². The fourth-order valence-corrected chi connectivity index (χ4v) is 2.65. The molecule has 0 heterocycles. The quantitative estimate of drug-likeness (QED) is 0.661. The molecule has 2 rings (SSSR count). The molecule has 1 atom stereocenters. The van der Waals surface area contributed by atoms with Crippen molar-refractivity contribution in [3.8, 4) is 5.75 Å². The lowest BCUT2D eigenvalue weighted by Gasteiger charge is -2.14. The van der Waals surface area contributed by atoms with Gasteiger partial charge in [-0.25, -0.2) is 0 Å². The highest BCUT2D eigenvalue weighted by Crippen LogP contribution is 2.14. The molecule has 144 valence electrons. The van der Waals surface area contributed by atoms with Crippen LogP contribution >= 0.6 is 0 Å². The van der Waals surface area contributed by atoms with E-state index in [-0.39, 0.29) is 18.3 Å². The second kappa shape index (κ2) is 11.1. The Morgan fingerprint density at radius 1 is 1.00 bits per heavy atom. The van der Waals surface area contributed by atoms with Crippen molar-refractivity contribution in [3.63, 3.8) is 0 Å². The molecule has 1 amide bonds. The zero-order valence-corrected chi connectivity index (χ0v) is 15.9. The van der Waals surface area contributed by atoms with Crippen molar-refractivity contribution in [2.75, 3.05) is 19.8 Å². The Morgan fingerprint density at radius 2 is 1.70 bits per heavy atom. The van der Waals surface area contributed by atoms with Crippen LogP contribution in [0.1, 0.15) is 25.0 Å². The van der Waals surface area contributed by atoms with Crippen molar-refractivity contribution < 1.29 is 19.1 Å². The molecule has 1 N–H and O–H groups in total. The molecule has 0 bridgehead atoms. The number of amides is 1. The minimum atomic E-state index is -0.419. The van der Waals surface area contributed by atoms with Crippen molar-refractivity contribution in [1.82, 2.24) is 5.32 Å². The van der Waals surface area contributed by atoms with Gasteiger partial charge < -0.3 is 14.8 Å². The largest absolute Gasteiger partial charge is 0.484 e. The monoisotopic (exact) mass is 369 g/mol. The maximum atomic E-state index is 11.9. The number of hydrogen-bond donors (Lipinski definition) is 1. The molecular weight excluding hydrogens is 342 g/mol. The normalized spacial score (nSPS) is 11.6. The first kappa shape index (κ1) is 20.6. The number of carbonyl (C=O) groups excluding carboxylic acids is 2. The Labute approximate surface area is 160 Å². The van der Waals surface area contributed by atoms with Crippen LogP contribution < -0.4 is 10.1 Å². The second-order valence-corrected chi connectivity index (χ2v) is 6.28. The van der Waals surface area contributed by atoms with E-state index in [1.165, 1.54) is 12.5 Å². The van der Waals surface area contributed by atoms with Gasteiger partial charge in [-0.3, -0.25) is 9.59 Å². The number of nitrogens with one attached hydrogen (secondary N) is 1. The summed E-state index contributed by atoms with van der Waals surface area (Å²) >= 11 is 0. The summed E-state index contributed by atoms with van der Waals surface area (Å²) < 4.78 is 11.0. The van der Waals surface area contributed by atoms with Gasteiger partial charge in [0.25, 0.3) is 5.91 Å². The summed E-state index contributed by atoms with van der Waals surface area (Å²) in [6.07, 6.45) is 0.902. The molecule has 1 unspecified atom stereocenters. The van der Waals surface area contributed by atoms with Crippen molar-refractivity contribution >= 4 is 11.7 Å². The molecule has 5 heteroatoms. The summed E-state index contributed by atoms with van der Waals surface area (Å²) in [5.41, 5.74) is 2.17. The topological polar surface area (TPSA) is 64.6 Å². The first-order chi connectivity index (χ1) is 13.1. The number of ether oxygens (including phenoxy) is 2.